The molecule has 1 saturated carbocycles. The first-order valence-corrected chi connectivity index (χ1v) is 8.12. The van der Waals surface area contributed by atoms with Gasteiger partial charge in [-0.1, -0.05) is 38.3 Å². The van der Waals surface area contributed by atoms with Crippen molar-refractivity contribution in [1.82, 2.24) is 5.32 Å². The van der Waals surface area contributed by atoms with E-state index in [9.17, 15) is 0 Å². The van der Waals surface area contributed by atoms with Gasteiger partial charge in [-0.2, -0.15) is 0 Å². The van der Waals surface area contributed by atoms with Crippen LogP contribution in [0.15, 0.2) is 12.1 Å². The topological polar surface area (TPSA) is 21.3 Å². The van der Waals surface area contributed by atoms with Gasteiger partial charge in [0, 0.05) is 17.6 Å². The molecule has 0 atom stereocenters. The maximum Gasteiger partial charge on any atom is 0.122 e. The van der Waals surface area contributed by atoms with Gasteiger partial charge < -0.3 is 10.1 Å². The van der Waals surface area contributed by atoms with Crippen molar-refractivity contribution in [3.63, 3.8) is 0 Å². The van der Waals surface area contributed by atoms with E-state index in [-0.39, 0.29) is 0 Å². The first-order valence-electron chi connectivity index (χ1n) is 7.74. The highest BCUT2D eigenvalue weighted by Gasteiger charge is 2.14. The number of hydrogen-bond donors (Lipinski definition) is 1. The summed E-state index contributed by atoms with van der Waals surface area (Å²) in [6.07, 6.45) is 5.37. The number of ether oxygens (including phenoxy) is 1. The van der Waals surface area contributed by atoms with E-state index in [4.69, 9.17) is 16.3 Å². The Bertz CT molecular complexity index is 439. The zero-order valence-corrected chi connectivity index (χ0v) is 13.6. The molecule has 0 amide bonds. The summed E-state index contributed by atoms with van der Waals surface area (Å²) in [5.41, 5.74) is 2.27. The van der Waals surface area contributed by atoms with E-state index in [1.165, 1.54) is 25.7 Å². The van der Waals surface area contributed by atoms with Crippen molar-refractivity contribution in [3.05, 3.63) is 28.3 Å². The summed E-state index contributed by atoms with van der Waals surface area (Å²) >= 11 is 6.28. The van der Waals surface area contributed by atoms with Crippen LogP contribution in [0.3, 0.4) is 0 Å². The van der Waals surface area contributed by atoms with Crippen molar-refractivity contribution in [2.75, 3.05) is 13.2 Å². The minimum Gasteiger partial charge on any atom is -0.492 e. The Kier molecular flexibility index (Phi) is 5.74. The zero-order chi connectivity index (χ0) is 14.5. The Morgan fingerprint density at radius 1 is 1.30 bits per heavy atom. The number of rotatable bonds is 6. The average molecular weight is 296 g/mol. The Morgan fingerprint density at radius 2 is 2.00 bits per heavy atom. The van der Waals surface area contributed by atoms with Crippen molar-refractivity contribution in [2.45, 2.75) is 58.4 Å². The van der Waals surface area contributed by atoms with E-state index >= 15 is 0 Å². The van der Waals surface area contributed by atoms with Crippen molar-refractivity contribution in [3.8, 4) is 5.75 Å². The van der Waals surface area contributed by atoms with Crippen LogP contribution < -0.4 is 10.1 Å². The second kappa shape index (κ2) is 7.33. The minimum absolute atomic E-state index is 0.419. The monoisotopic (exact) mass is 295 g/mol. The molecule has 1 aliphatic carbocycles. The number of hydrogen-bond acceptors (Lipinski definition) is 2. The lowest BCUT2D eigenvalue weighted by molar-refractivity contribution is 0.303. The van der Waals surface area contributed by atoms with Gasteiger partial charge in [0.15, 0.2) is 0 Å². The molecule has 1 N–H and O–H groups in total. The lowest BCUT2D eigenvalue weighted by atomic mass is 10.0. The summed E-state index contributed by atoms with van der Waals surface area (Å²) in [7, 11) is 0. The predicted octanol–water partition coefficient (Wildman–Crippen LogP) is 4.68. The SMILES string of the molecule is Cc1cc(Cl)c(C(C)C)cc1OCCNC1CCCC1. The summed E-state index contributed by atoms with van der Waals surface area (Å²) in [4.78, 5) is 0. The average Bonchev–Trinajstić information content (AvgIpc) is 2.89. The van der Waals surface area contributed by atoms with Crippen LogP contribution in [0.1, 0.15) is 56.6 Å². The van der Waals surface area contributed by atoms with Crippen LogP contribution in [-0.2, 0) is 0 Å². The summed E-state index contributed by atoms with van der Waals surface area (Å²) in [6, 6.07) is 4.81. The van der Waals surface area contributed by atoms with Crippen LogP contribution in [-0.4, -0.2) is 19.2 Å². The number of aryl methyl sites for hydroxylation is 1. The number of benzene rings is 1. The predicted molar refractivity (Wildman–Crippen MR) is 86.0 cm³/mol. The molecule has 1 aromatic rings. The summed E-state index contributed by atoms with van der Waals surface area (Å²) in [6.45, 7) is 8.00. The molecular formula is C17H26ClNO. The van der Waals surface area contributed by atoms with Gasteiger partial charge in [-0.15, -0.1) is 0 Å². The van der Waals surface area contributed by atoms with Crippen molar-refractivity contribution < 1.29 is 4.74 Å². The molecule has 1 fully saturated rings. The lowest BCUT2D eigenvalue weighted by Gasteiger charge is -2.16. The molecule has 0 aromatic heterocycles. The quantitative estimate of drug-likeness (QED) is 0.769. The van der Waals surface area contributed by atoms with Gasteiger partial charge >= 0.3 is 0 Å². The third-order valence-electron chi connectivity index (χ3n) is 4.06. The molecule has 0 aliphatic heterocycles. The molecule has 0 unspecified atom stereocenters. The second-order valence-corrected chi connectivity index (χ2v) is 6.49. The first-order chi connectivity index (χ1) is 9.58. The summed E-state index contributed by atoms with van der Waals surface area (Å²) in [5, 5.41) is 4.41. The van der Waals surface area contributed by atoms with Crippen LogP contribution in [0, 0.1) is 6.92 Å². The first kappa shape index (κ1) is 15.7. The molecule has 112 valence electrons. The van der Waals surface area contributed by atoms with E-state index < -0.39 is 0 Å². The van der Waals surface area contributed by atoms with Gasteiger partial charge in [-0.25, -0.2) is 0 Å². The summed E-state index contributed by atoms with van der Waals surface area (Å²) < 4.78 is 5.92. The van der Waals surface area contributed by atoms with Gasteiger partial charge in [0.2, 0.25) is 0 Å². The second-order valence-electron chi connectivity index (χ2n) is 6.08. The third kappa shape index (κ3) is 4.13. The molecule has 3 heteroatoms. The van der Waals surface area contributed by atoms with Gasteiger partial charge in [0.1, 0.15) is 12.4 Å². The fourth-order valence-electron chi connectivity index (χ4n) is 2.82. The highest BCUT2D eigenvalue weighted by Crippen LogP contribution is 2.31. The fourth-order valence-corrected chi connectivity index (χ4v) is 3.26. The molecule has 0 heterocycles. The molecule has 1 aliphatic rings. The van der Waals surface area contributed by atoms with Gasteiger partial charge in [-0.05, 0) is 48.9 Å². The largest absolute Gasteiger partial charge is 0.492 e. The Labute approximate surface area is 127 Å². The van der Waals surface area contributed by atoms with Gasteiger partial charge in [0.25, 0.3) is 0 Å². The molecular weight excluding hydrogens is 270 g/mol. The van der Waals surface area contributed by atoms with Gasteiger partial charge in [-0.3, -0.25) is 0 Å². The van der Waals surface area contributed by atoms with Crippen molar-refractivity contribution in [1.29, 1.82) is 0 Å². The molecule has 0 radical (unpaired) electrons. The van der Waals surface area contributed by atoms with Crippen molar-refractivity contribution >= 4 is 11.6 Å². The molecule has 2 rings (SSSR count). The van der Waals surface area contributed by atoms with Crippen LogP contribution in [0.25, 0.3) is 0 Å². The maximum atomic E-state index is 6.28. The molecule has 0 spiro atoms. The Balaban J connectivity index is 1.86. The molecule has 0 saturated heterocycles. The molecule has 20 heavy (non-hydrogen) atoms. The van der Waals surface area contributed by atoms with E-state index in [1.807, 2.05) is 6.07 Å². The Morgan fingerprint density at radius 3 is 2.65 bits per heavy atom. The highest BCUT2D eigenvalue weighted by atomic mass is 35.5. The number of nitrogens with one attached hydrogen (secondary N) is 1. The minimum atomic E-state index is 0.419. The fraction of sp³-hybridized carbons (Fsp3) is 0.647. The third-order valence-corrected chi connectivity index (χ3v) is 4.39. The molecule has 1 aromatic carbocycles. The molecule has 2 nitrogen and oxygen atoms in total. The van der Waals surface area contributed by atoms with E-state index in [0.29, 0.717) is 12.0 Å². The zero-order valence-electron chi connectivity index (χ0n) is 12.8. The van der Waals surface area contributed by atoms with E-state index in [0.717, 1.165) is 35.1 Å². The van der Waals surface area contributed by atoms with E-state index in [2.05, 4.69) is 32.2 Å². The number of halogens is 1. The van der Waals surface area contributed by atoms with Crippen LogP contribution in [0.4, 0.5) is 0 Å². The van der Waals surface area contributed by atoms with Crippen molar-refractivity contribution in [2.24, 2.45) is 0 Å². The molecule has 0 bridgehead atoms. The Hall–Kier alpha value is -0.730. The lowest BCUT2D eigenvalue weighted by Crippen LogP contribution is -2.30. The smallest absolute Gasteiger partial charge is 0.122 e. The highest BCUT2D eigenvalue weighted by molar-refractivity contribution is 6.31. The normalized spacial score (nSPS) is 16.1. The van der Waals surface area contributed by atoms with Gasteiger partial charge in [0.05, 0.1) is 0 Å². The van der Waals surface area contributed by atoms with Crippen LogP contribution in [0.2, 0.25) is 5.02 Å². The van der Waals surface area contributed by atoms with E-state index in [1.54, 1.807) is 0 Å². The maximum absolute atomic E-state index is 6.28. The summed E-state index contributed by atoms with van der Waals surface area (Å²) in [5.74, 6) is 1.38. The van der Waals surface area contributed by atoms with Crippen LogP contribution in [0.5, 0.6) is 5.75 Å². The standard InChI is InChI=1S/C17H26ClNO/c1-12(2)15-11-17(13(3)10-16(15)18)20-9-8-19-14-6-4-5-7-14/h10-12,14,19H,4-9H2,1-3H3. The van der Waals surface area contributed by atoms with Crippen LogP contribution >= 0.6 is 11.6 Å².